The molecule has 0 aromatic heterocycles. The summed E-state index contributed by atoms with van der Waals surface area (Å²) >= 11 is 0. The molecule has 210 valence electrons. The average Bonchev–Trinajstić information content (AvgIpc) is 3.23. The summed E-state index contributed by atoms with van der Waals surface area (Å²) in [5.41, 5.74) is 2.87. The van der Waals surface area contributed by atoms with Crippen molar-refractivity contribution in [1.82, 2.24) is 4.90 Å². The molecule has 3 aromatic carbocycles. The van der Waals surface area contributed by atoms with E-state index in [1.165, 1.54) is 4.90 Å². The van der Waals surface area contributed by atoms with Gasteiger partial charge in [0, 0.05) is 5.57 Å². The number of nitrogens with zero attached hydrogens (tertiary/aromatic N) is 1. The van der Waals surface area contributed by atoms with Gasteiger partial charge in [-0.3, -0.25) is 9.59 Å². The van der Waals surface area contributed by atoms with Crippen LogP contribution in [0.5, 0.6) is 11.5 Å². The molecular weight excluding hydrogens is 504 g/mol. The van der Waals surface area contributed by atoms with Crippen molar-refractivity contribution in [3.63, 3.8) is 0 Å². The molecule has 1 atom stereocenters. The van der Waals surface area contributed by atoms with Crippen molar-refractivity contribution in [2.75, 3.05) is 32.8 Å². The van der Waals surface area contributed by atoms with Crippen LogP contribution < -0.4 is 19.5 Å². The van der Waals surface area contributed by atoms with Gasteiger partial charge < -0.3 is 24.4 Å². The van der Waals surface area contributed by atoms with Gasteiger partial charge in [-0.1, -0.05) is 54.3 Å². The number of nitrogens with one attached hydrogen (secondary N) is 1. The first-order chi connectivity index (χ1) is 19.4. The van der Waals surface area contributed by atoms with Crippen molar-refractivity contribution in [3.8, 4) is 11.5 Å². The standard InChI is InChI=1S/C33H38N2O5/c1-5-34(6-2)19-20-35-30(25-13-16-27(17-14-25)39-7-3)29(32(37)33(35)38)31(36)26-15-18-28(23(4)21-26)40-22-24-11-9-8-10-12-24/h8-18,21,30,36H,5-7,19-20,22H2,1-4H3/b31-29+. The molecule has 4 rings (SSSR count). The SMILES string of the molecule is CCOc1ccc(C2/C(=C(\[O-])c3ccc(OCc4ccccc4)c(C)c3)C(=O)C(=O)N2CC[NH+](CC)CC)cc1. The topological polar surface area (TPSA) is 83.3 Å². The molecule has 0 aliphatic carbocycles. The van der Waals surface area contributed by atoms with Gasteiger partial charge in [-0.2, -0.15) is 0 Å². The van der Waals surface area contributed by atoms with E-state index in [0.717, 1.165) is 24.2 Å². The summed E-state index contributed by atoms with van der Waals surface area (Å²) in [5.74, 6) is -0.455. The Morgan fingerprint density at radius 1 is 0.925 bits per heavy atom. The number of ether oxygens (including phenoxy) is 2. The summed E-state index contributed by atoms with van der Waals surface area (Å²) in [6.45, 7) is 11.8. The second-order valence-electron chi connectivity index (χ2n) is 9.94. The molecule has 0 saturated carbocycles. The summed E-state index contributed by atoms with van der Waals surface area (Å²) in [6.07, 6.45) is 0. The highest BCUT2D eigenvalue weighted by Crippen LogP contribution is 2.39. The van der Waals surface area contributed by atoms with Gasteiger partial charge in [-0.15, -0.1) is 0 Å². The lowest BCUT2D eigenvalue weighted by atomic mass is 9.94. The summed E-state index contributed by atoms with van der Waals surface area (Å²) in [7, 11) is 0. The van der Waals surface area contributed by atoms with Gasteiger partial charge in [0.05, 0.1) is 38.8 Å². The molecule has 0 bridgehead atoms. The summed E-state index contributed by atoms with van der Waals surface area (Å²) < 4.78 is 11.6. The second-order valence-corrected chi connectivity index (χ2v) is 9.94. The molecule has 1 amide bonds. The monoisotopic (exact) mass is 542 g/mol. The van der Waals surface area contributed by atoms with Crippen LogP contribution in [0.1, 0.15) is 49.1 Å². The van der Waals surface area contributed by atoms with Crippen molar-refractivity contribution in [2.24, 2.45) is 0 Å². The Kier molecular flexibility index (Phi) is 9.61. The van der Waals surface area contributed by atoms with Crippen molar-refractivity contribution in [1.29, 1.82) is 0 Å². The van der Waals surface area contributed by atoms with Gasteiger partial charge in [-0.05, 0) is 74.2 Å². The quantitative estimate of drug-likeness (QED) is 0.216. The predicted molar refractivity (Wildman–Crippen MR) is 153 cm³/mol. The lowest BCUT2D eigenvalue weighted by Crippen LogP contribution is -3.12. The molecule has 0 radical (unpaired) electrons. The number of hydrogen-bond acceptors (Lipinski definition) is 5. The number of hydrogen-bond donors (Lipinski definition) is 1. The summed E-state index contributed by atoms with van der Waals surface area (Å²) in [5, 5.41) is 13.9. The minimum atomic E-state index is -0.757. The summed E-state index contributed by atoms with van der Waals surface area (Å²) in [6, 6.07) is 21.5. The van der Waals surface area contributed by atoms with Crippen molar-refractivity contribution < 1.29 is 29.1 Å². The predicted octanol–water partition coefficient (Wildman–Crippen LogP) is 3.12. The lowest BCUT2D eigenvalue weighted by Gasteiger charge is -2.28. The van der Waals surface area contributed by atoms with Crippen LogP contribution in [-0.4, -0.2) is 49.4 Å². The fraction of sp³-hybridized carbons (Fsp3) is 0.333. The Bertz CT molecular complexity index is 1350. The highest BCUT2D eigenvalue weighted by molar-refractivity contribution is 6.46. The molecule has 1 heterocycles. The Balaban J connectivity index is 1.69. The van der Waals surface area contributed by atoms with Crippen molar-refractivity contribution in [2.45, 2.75) is 40.3 Å². The van der Waals surface area contributed by atoms with E-state index in [-0.39, 0.29) is 5.57 Å². The third-order valence-corrected chi connectivity index (χ3v) is 7.42. The van der Waals surface area contributed by atoms with Gasteiger partial charge in [0.2, 0.25) is 5.78 Å². The lowest BCUT2D eigenvalue weighted by molar-refractivity contribution is -0.895. The normalized spacial score (nSPS) is 16.5. The molecule has 0 spiro atoms. The Labute approximate surface area is 236 Å². The zero-order chi connectivity index (χ0) is 28.6. The molecule has 1 fully saturated rings. The number of amides is 1. The van der Waals surface area contributed by atoms with E-state index < -0.39 is 23.5 Å². The van der Waals surface area contributed by atoms with Crippen molar-refractivity contribution in [3.05, 3.63) is 101 Å². The van der Waals surface area contributed by atoms with Crippen LogP contribution in [0.4, 0.5) is 0 Å². The van der Waals surface area contributed by atoms with Crippen LogP contribution in [0.15, 0.2) is 78.4 Å². The van der Waals surface area contributed by atoms with Gasteiger partial charge in [0.1, 0.15) is 18.1 Å². The highest BCUT2D eigenvalue weighted by atomic mass is 16.5. The Morgan fingerprint density at radius 2 is 1.62 bits per heavy atom. The number of rotatable bonds is 12. The van der Waals surface area contributed by atoms with E-state index in [1.54, 1.807) is 23.1 Å². The number of benzene rings is 3. The van der Waals surface area contributed by atoms with Crippen LogP contribution in [0.2, 0.25) is 0 Å². The molecular formula is C33H38N2O5. The zero-order valence-electron chi connectivity index (χ0n) is 23.7. The van der Waals surface area contributed by atoms with Crippen LogP contribution in [0.25, 0.3) is 5.76 Å². The molecule has 1 aliphatic heterocycles. The average molecular weight is 543 g/mol. The minimum absolute atomic E-state index is 0.0129. The van der Waals surface area contributed by atoms with Gasteiger partial charge >= 0.3 is 0 Å². The number of quaternary nitrogens is 1. The third kappa shape index (κ3) is 6.37. The minimum Gasteiger partial charge on any atom is -0.872 e. The van der Waals surface area contributed by atoms with Gasteiger partial charge in [0.25, 0.3) is 5.91 Å². The fourth-order valence-corrected chi connectivity index (χ4v) is 5.09. The number of carbonyl (C=O) groups excluding carboxylic acids is 2. The molecule has 7 nitrogen and oxygen atoms in total. The molecule has 40 heavy (non-hydrogen) atoms. The largest absolute Gasteiger partial charge is 0.872 e. The summed E-state index contributed by atoms with van der Waals surface area (Å²) in [4.78, 5) is 29.5. The molecule has 1 saturated heterocycles. The smallest absolute Gasteiger partial charge is 0.295 e. The second kappa shape index (κ2) is 13.3. The number of likely N-dealkylation sites (tertiary alicyclic amines) is 1. The van der Waals surface area contributed by atoms with E-state index in [0.29, 0.717) is 48.9 Å². The highest BCUT2D eigenvalue weighted by Gasteiger charge is 2.44. The van der Waals surface area contributed by atoms with Crippen LogP contribution in [0, 0.1) is 6.92 Å². The fourth-order valence-electron chi connectivity index (χ4n) is 5.09. The Morgan fingerprint density at radius 3 is 2.25 bits per heavy atom. The molecule has 1 unspecified atom stereocenters. The van der Waals surface area contributed by atoms with E-state index in [9.17, 15) is 14.7 Å². The molecule has 7 heteroatoms. The van der Waals surface area contributed by atoms with E-state index >= 15 is 0 Å². The number of ketones is 1. The number of carbonyl (C=O) groups is 2. The maximum atomic E-state index is 13.9. The molecule has 3 aromatic rings. The first kappa shape index (κ1) is 28.9. The number of aryl methyl sites for hydroxylation is 1. The number of Topliss-reactive ketones (excluding diaryl/α,β-unsaturated/α-hetero) is 1. The van der Waals surface area contributed by atoms with E-state index in [2.05, 4.69) is 13.8 Å². The first-order valence-corrected chi connectivity index (χ1v) is 14.0. The maximum Gasteiger partial charge on any atom is 0.295 e. The Hall–Kier alpha value is -4.10. The third-order valence-electron chi connectivity index (χ3n) is 7.42. The van der Waals surface area contributed by atoms with Crippen LogP contribution >= 0.6 is 0 Å². The first-order valence-electron chi connectivity index (χ1n) is 14.0. The van der Waals surface area contributed by atoms with Gasteiger partial charge in [-0.25, -0.2) is 0 Å². The van der Waals surface area contributed by atoms with Crippen LogP contribution in [-0.2, 0) is 16.2 Å². The van der Waals surface area contributed by atoms with Crippen LogP contribution in [0.3, 0.4) is 0 Å². The van der Waals surface area contributed by atoms with E-state index in [1.807, 2.05) is 68.4 Å². The van der Waals surface area contributed by atoms with Gasteiger partial charge in [0.15, 0.2) is 0 Å². The molecule has 1 N–H and O–H groups in total. The van der Waals surface area contributed by atoms with Crippen molar-refractivity contribution >= 4 is 17.4 Å². The number of likely N-dealkylation sites (N-methyl/N-ethyl adjacent to an activating group) is 1. The van der Waals surface area contributed by atoms with E-state index in [4.69, 9.17) is 9.47 Å². The zero-order valence-corrected chi connectivity index (χ0v) is 23.7. The molecule has 1 aliphatic rings. The maximum absolute atomic E-state index is 13.9.